The number of rotatable bonds is 7. The standard InChI is InChI=1S/C33H34ClN5O4/c1-20(2)25(17-30(41)43-4)33(42)39-15-5-6-28(39)27-18-35-32(36-27)22-10-7-21(8-11-22)9-12-23-19-38(3)37-31(23)26-16-24(34)13-14-29(26)40/h7-8,10-11,13-14,16,18-20,25,28,40H,5-6,15,17H2,1-4H3,(H,35,36)/t25-,28-/m0/s1. The van der Waals surface area contributed by atoms with Crippen LogP contribution in [0.25, 0.3) is 22.6 Å². The molecule has 1 aliphatic rings. The van der Waals surface area contributed by atoms with Gasteiger partial charge >= 0.3 is 5.97 Å². The van der Waals surface area contributed by atoms with E-state index >= 15 is 0 Å². The van der Waals surface area contributed by atoms with E-state index in [0.29, 0.717) is 34.2 Å². The van der Waals surface area contributed by atoms with Gasteiger partial charge in [0.25, 0.3) is 0 Å². The van der Waals surface area contributed by atoms with Gasteiger partial charge in [-0.25, -0.2) is 4.98 Å². The molecule has 0 spiro atoms. The SMILES string of the molecule is COC(=O)C[C@H](C(=O)N1CCC[C@H]1c1cnc(-c2ccc(C#Cc3cn(C)nc3-c3cc(Cl)ccc3O)cc2)[nH]1)C(C)C. The van der Waals surface area contributed by atoms with E-state index in [2.05, 4.69) is 26.9 Å². The van der Waals surface area contributed by atoms with Gasteiger partial charge in [0.15, 0.2) is 0 Å². The summed E-state index contributed by atoms with van der Waals surface area (Å²) in [5, 5.41) is 15.3. The summed E-state index contributed by atoms with van der Waals surface area (Å²) >= 11 is 6.15. The largest absolute Gasteiger partial charge is 0.507 e. The van der Waals surface area contributed by atoms with Crippen LogP contribution < -0.4 is 0 Å². The molecule has 2 aromatic heterocycles. The molecule has 1 aliphatic heterocycles. The third kappa shape index (κ3) is 6.60. The second kappa shape index (κ2) is 12.8. The molecule has 4 aromatic rings. The molecule has 10 heteroatoms. The van der Waals surface area contributed by atoms with Crippen LogP contribution >= 0.6 is 11.6 Å². The number of benzene rings is 2. The molecule has 0 bridgehead atoms. The fourth-order valence-electron chi connectivity index (χ4n) is 5.42. The number of hydrogen-bond donors (Lipinski definition) is 2. The van der Waals surface area contributed by atoms with Crippen LogP contribution in [0.4, 0.5) is 0 Å². The summed E-state index contributed by atoms with van der Waals surface area (Å²) < 4.78 is 6.49. The number of aromatic hydroxyl groups is 1. The Labute approximate surface area is 255 Å². The summed E-state index contributed by atoms with van der Waals surface area (Å²) in [7, 11) is 3.15. The maximum atomic E-state index is 13.5. The van der Waals surface area contributed by atoms with Crippen molar-refractivity contribution in [3.05, 3.63) is 76.7 Å². The Morgan fingerprint density at radius 1 is 1.19 bits per heavy atom. The summed E-state index contributed by atoms with van der Waals surface area (Å²) in [6.45, 7) is 4.56. The van der Waals surface area contributed by atoms with Crippen molar-refractivity contribution in [3.8, 4) is 40.2 Å². The summed E-state index contributed by atoms with van der Waals surface area (Å²) in [5.41, 5.74) is 4.31. The number of ether oxygens (including phenoxy) is 1. The summed E-state index contributed by atoms with van der Waals surface area (Å²) in [6, 6.07) is 12.4. The Kier molecular flexibility index (Phi) is 8.88. The molecule has 1 saturated heterocycles. The van der Waals surface area contributed by atoms with Crippen molar-refractivity contribution in [1.82, 2.24) is 24.6 Å². The number of imidazole rings is 1. The fourth-order valence-corrected chi connectivity index (χ4v) is 5.59. The Balaban J connectivity index is 1.32. The van der Waals surface area contributed by atoms with Gasteiger partial charge in [0.05, 0.1) is 42.9 Å². The molecule has 2 N–H and O–H groups in total. The highest BCUT2D eigenvalue weighted by molar-refractivity contribution is 6.31. The quantitative estimate of drug-likeness (QED) is 0.207. The minimum atomic E-state index is -0.428. The number of nitrogens with zero attached hydrogens (tertiary/aromatic N) is 4. The maximum Gasteiger partial charge on any atom is 0.306 e. The van der Waals surface area contributed by atoms with Crippen molar-refractivity contribution in [3.63, 3.8) is 0 Å². The number of nitrogens with one attached hydrogen (secondary N) is 1. The number of phenolic OH excluding ortho intramolecular Hbond substituents is 1. The van der Waals surface area contributed by atoms with Crippen LogP contribution in [-0.4, -0.2) is 55.3 Å². The molecule has 222 valence electrons. The Hall–Kier alpha value is -4.55. The summed E-state index contributed by atoms with van der Waals surface area (Å²) in [5.74, 6) is 6.32. The first-order valence-corrected chi connectivity index (χ1v) is 14.6. The number of aryl methyl sites for hydroxylation is 1. The smallest absolute Gasteiger partial charge is 0.306 e. The highest BCUT2D eigenvalue weighted by Crippen LogP contribution is 2.35. The van der Waals surface area contributed by atoms with Crippen LogP contribution in [0.1, 0.15) is 56.0 Å². The molecule has 5 rings (SSSR count). The number of amides is 1. The number of hydrogen-bond acceptors (Lipinski definition) is 6. The van der Waals surface area contributed by atoms with E-state index < -0.39 is 5.92 Å². The van der Waals surface area contributed by atoms with Crippen LogP contribution in [0, 0.1) is 23.7 Å². The van der Waals surface area contributed by atoms with Gasteiger partial charge in [-0.15, -0.1) is 0 Å². The predicted molar refractivity (Wildman–Crippen MR) is 164 cm³/mol. The number of carbonyl (C=O) groups excluding carboxylic acids is 2. The molecule has 3 heterocycles. The molecule has 43 heavy (non-hydrogen) atoms. The lowest BCUT2D eigenvalue weighted by molar-refractivity contribution is -0.148. The van der Waals surface area contributed by atoms with Crippen LogP contribution in [0.3, 0.4) is 0 Å². The van der Waals surface area contributed by atoms with Crippen molar-refractivity contribution in [2.75, 3.05) is 13.7 Å². The second-order valence-electron chi connectivity index (χ2n) is 11.1. The van der Waals surface area contributed by atoms with Gasteiger partial charge in [-0.05, 0) is 49.1 Å². The average molecular weight is 600 g/mol. The minimum Gasteiger partial charge on any atom is -0.507 e. The molecule has 1 amide bonds. The van der Waals surface area contributed by atoms with Gasteiger partial charge in [0.2, 0.25) is 5.91 Å². The van der Waals surface area contributed by atoms with Crippen molar-refractivity contribution in [2.24, 2.45) is 18.9 Å². The third-order valence-electron chi connectivity index (χ3n) is 7.77. The van der Waals surface area contributed by atoms with Crippen LogP contribution in [0.5, 0.6) is 5.75 Å². The highest BCUT2D eigenvalue weighted by Gasteiger charge is 2.37. The van der Waals surface area contributed by atoms with Gasteiger partial charge < -0.3 is 19.7 Å². The van der Waals surface area contributed by atoms with E-state index in [1.807, 2.05) is 43.0 Å². The normalized spacial score (nSPS) is 15.3. The Bertz CT molecular complexity index is 1700. The number of aromatic amines is 1. The molecular formula is C33H34ClN5O4. The molecule has 0 aliphatic carbocycles. The molecule has 0 radical (unpaired) electrons. The number of methoxy groups -OCH3 is 1. The zero-order valence-corrected chi connectivity index (χ0v) is 25.4. The molecule has 0 unspecified atom stereocenters. The van der Waals surface area contributed by atoms with Crippen LogP contribution in [-0.2, 0) is 21.4 Å². The van der Waals surface area contributed by atoms with Crippen molar-refractivity contribution >= 4 is 23.5 Å². The molecular weight excluding hydrogens is 566 g/mol. The number of phenols is 1. The fraction of sp³-hybridized carbons (Fsp3) is 0.333. The van der Waals surface area contributed by atoms with E-state index in [1.165, 1.54) is 13.2 Å². The predicted octanol–water partition coefficient (Wildman–Crippen LogP) is 5.73. The lowest BCUT2D eigenvalue weighted by Crippen LogP contribution is -2.39. The molecule has 9 nitrogen and oxygen atoms in total. The van der Waals surface area contributed by atoms with Gasteiger partial charge in [-0.1, -0.05) is 49.4 Å². The van der Waals surface area contributed by atoms with Crippen molar-refractivity contribution < 1.29 is 19.4 Å². The number of likely N-dealkylation sites (tertiary alicyclic amines) is 1. The van der Waals surface area contributed by atoms with Crippen molar-refractivity contribution in [2.45, 2.75) is 39.2 Å². The summed E-state index contributed by atoms with van der Waals surface area (Å²) in [4.78, 5) is 35.3. The van der Waals surface area contributed by atoms with Gasteiger partial charge in [-0.2, -0.15) is 5.10 Å². The molecule has 2 aromatic carbocycles. The third-order valence-corrected chi connectivity index (χ3v) is 8.00. The summed E-state index contributed by atoms with van der Waals surface area (Å²) in [6.07, 6.45) is 5.38. The number of aromatic nitrogens is 4. The topological polar surface area (TPSA) is 113 Å². The van der Waals surface area contributed by atoms with Gasteiger partial charge in [-0.3, -0.25) is 14.3 Å². The van der Waals surface area contributed by atoms with Gasteiger partial charge in [0, 0.05) is 41.5 Å². The van der Waals surface area contributed by atoms with Crippen LogP contribution in [0.2, 0.25) is 5.02 Å². The van der Waals surface area contributed by atoms with Crippen molar-refractivity contribution in [1.29, 1.82) is 0 Å². The number of H-pyrrole nitrogens is 1. The lowest BCUT2D eigenvalue weighted by Gasteiger charge is -2.29. The van der Waals surface area contributed by atoms with Crippen LogP contribution in [0.15, 0.2) is 54.9 Å². The van der Waals surface area contributed by atoms with E-state index in [-0.39, 0.29) is 36.0 Å². The molecule has 2 atom stereocenters. The lowest BCUT2D eigenvalue weighted by atomic mass is 9.90. The zero-order valence-electron chi connectivity index (χ0n) is 24.6. The Morgan fingerprint density at radius 3 is 2.67 bits per heavy atom. The number of halogens is 1. The monoisotopic (exact) mass is 599 g/mol. The number of esters is 1. The van der Waals surface area contributed by atoms with E-state index in [0.717, 1.165) is 29.7 Å². The first kappa shape index (κ1) is 29.9. The zero-order chi connectivity index (χ0) is 30.7. The second-order valence-corrected chi connectivity index (χ2v) is 11.5. The number of carbonyl (C=O) groups is 2. The minimum absolute atomic E-state index is 0.0144. The molecule has 1 fully saturated rings. The first-order chi connectivity index (χ1) is 20.6. The van der Waals surface area contributed by atoms with E-state index in [9.17, 15) is 14.7 Å². The molecule has 0 saturated carbocycles. The average Bonchev–Trinajstić information content (AvgIpc) is 3.75. The van der Waals surface area contributed by atoms with E-state index in [4.69, 9.17) is 16.3 Å². The first-order valence-electron chi connectivity index (χ1n) is 14.2. The Morgan fingerprint density at radius 2 is 1.95 bits per heavy atom. The highest BCUT2D eigenvalue weighted by atomic mass is 35.5. The maximum absolute atomic E-state index is 13.5. The van der Waals surface area contributed by atoms with E-state index in [1.54, 1.807) is 36.3 Å². The van der Waals surface area contributed by atoms with Gasteiger partial charge in [0.1, 0.15) is 17.3 Å².